The number of methoxy groups -OCH3 is 1. The van der Waals surface area contributed by atoms with E-state index in [4.69, 9.17) is 9.15 Å². The van der Waals surface area contributed by atoms with Crippen molar-refractivity contribution in [2.75, 3.05) is 7.11 Å². The van der Waals surface area contributed by atoms with Gasteiger partial charge in [-0.3, -0.25) is 4.79 Å². The van der Waals surface area contributed by atoms with Crippen LogP contribution in [0.5, 0.6) is 0 Å². The number of hydrogen-bond acceptors (Lipinski definition) is 4. The lowest BCUT2D eigenvalue weighted by Crippen LogP contribution is -2.61. The van der Waals surface area contributed by atoms with Crippen molar-refractivity contribution in [2.45, 2.75) is 63.7 Å². The average Bonchev–Trinajstić information content (AvgIpc) is 2.93. The van der Waals surface area contributed by atoms with Gasteiger partial charge in [0, 0.05) is 13.2 Å². The molecule has 4 aliphatic rings. The van der Waals surface area contributed by atoms with Crippen molar-refractivity contribution in [2.24, 2.45) is 17.3 Å². The SMILES string of the molecule is COCc1ccc(C(=O)NC(C)C23CC4CC(CC(O)(C4)C2)C3)o1. The van der Waals surface area contributed by atoms with E-state index in [1.54, 1.807) is 19.2 Å². The molecule has 3 atom stereocenters. The van der Waals surface area contributed by atoms with E-state index in [0.29, 0.717) is 30.0 Å². The monoisotopic (exact) mass is 333 g/mol. The van der Waals surface area contributed by atoms with Crippen LogP contribution in [0.15, 0.2) is 16.5 Å². The number of amides is 1. The average molecular weight is 333 g/mol. The van der Waals surface area contributed by atoms with Gasteiger partial charge in [-0.25, -0.2) is 0 Å². The number of nitrogens with one attached hydrogen (secondary N) is 1. The number of carbonyl (C=O) groups is 1. The Morgan fingerprint density at radius 1 is 1.38 bits per heavy atom. The second-order valence-corrected chi connectivity index (χ2v) is 8.44. The fraction of sp³-hybridized carbons (Fsp3) is 0.737. The topological polar surface area (TPSA) is 71.7 Å². The van der Waals surface area contributed by atoms with Crippen LogP contribution in [-0.2, 0) is 11.3 Å². The predicted molar refractivity (Wildman–Crippen MR) is 88.4 cm³/mol. The van der Waals surface area contributed by atoms with E-state index in [1.807, 2.05) is 0 Å². The highest BCUT2D eigenvalue weighted by Gasteiger charge is 2.59. The largest absolute Gasteiger partial charge is 0.453 e. The van der Waals surface area contributed by atoms with Crippen LogP contribution in [-0.4, -0.2) is 29.8 Å². The molecule has 0 radical (unpaired) electrons. The second kappa shape index (κ2) is 5.60. The highest BCUT2D eigenvalue weighted by molar-refractivity contribution is 5.91. The molecule has 4 fully saturated rings. The summed E-state index contributed by atoms with van der Waals surface area (Å²) < 4.78 is 10.6. The van der Waals surface area contributed by atoms with Gasteiger partial charge in [-0.15, -0.1) is 0 Å². The standard InChI is InChI=1S/C19H27NO4/c1-12(20-17(21)16-4-3-15(24-16)10-23-2)18-6-13-5-14(7-18)9-19(22,8-13)11-18/h3-4,12-14,22H,5-11H2,1-2H3,(H,20,21). The Balaban J connectivity index is 1.47. The molecule has 4 aliphatic carbocycles. The van der Waals surface area contributed by atoms with Crippen LogP contribution in [0.4, 0.5) is 0 Å². The van der Waals surface area contributed by atoms with Gasteiger partial charge >= 0.3 is 0 Å². The number of furan rings is 1. The zero-order valence-electron chi connectivity index (χ0n) is 14.5. The van der Waals surface area contributed by atoms with Gasteiger partial charge in [0.15, 0.2) is 5.76 Å². The highest BCUT2D eigenvalue weighted by atomic mass is 16.5. The molecule has 1 aromatic heterocycles. The van der Waals surface area contributed by atoms with Gasteiger partial charge in [0.2, 0.25) is 0 Å². The van der Waals surface area contributed by atoms with Gasteiger partial charge in [-0.05, 0) is 74.8 Å². The molecular formula is C19H27NO4. The van der Waals surface area contributed by atoms with Crippen molar-refractivity contribution < 1.29 is 19.1 Å². The molecule has 4 saturated carbocycles. The van der Waals surface area contributed by atoms with Crippen LogP contribution in [0.3, 0.4) is 0 Å². The molecule has 1 amide bonds. The molecule has 24 heavy (non-hydrogen) atoms. The third kappa shape index (κ3) is 2.68. The summed E-state index contributed by atoms with van der Waals surface area (Å²) in [6, 6.07) is 3.51. The third-order valence-corrected chi connectivity index (χ3v) is 6.51. The van der Waals surface area contributed by atoms with E-state index >= 15 is 0 Å². The zero-order chi connectivity index (χ0) is 16.9. The third-order valence-electron chi connectivity index (χ3n) is 6.51. The summed E-state index contributed by atoms with van der Waals surface area (Å²) in [4.78, 5) is 12.5. The first-order chi connectivity index (χ1) is 11.4. The fourth-order valence-electron chi connectivity index (χ4n) is 5.93. The Hall–Kier alpha value is -1.33. The molecule has 2 N–H and O–H groups in total. The van der Waals surface area contributed by atoms with Crippen LogP contribution in [0, 0.1) is 17.3 Å². The molecule has 132 valence electrons. The van der Waals surface area contributed by atoms with Crippen molar-refractivity contribution in [1.82, 2.24) is 5.32 Å². The molecule has 3 unspecified atom stereocenters. The summed E-state index contributed by atoms with van der Waals surface area (Å²) in [5, 5.41) is 14.0. The number of hydrogen-bond donors (Lipinski definition) is 2. The molecular weight excluding hydrogens is 306 g/mol. The molecule has 0 aliphatic heterocycles. The Morgan fingerprint density at radius 2 is 2.08 bits per heavy atom. The van der Waals surface area contributed by atoms with E-state index in [-0.39, 0.29) is 17.4 Å². The minimum atomic E-state index is -0.501. The minimum Gasteiger partial charge on any atom is -0.453 e. The first kappa shape index (κ1) is 16.2. The Kier molecular flexibility index (Phi) is 3.77. The first-order valence-corrected chi connectivity index (χ1v) is 9.02. The van der Waals surface area contributed by atoms with E-state index in [0.717, 1.165) is 32.1 Å². The second-order valence-electron chi connectivity index (χ2n) is 8.44. The molecule has 0 aromatic carbocycles. The van der Waals surface area contributed by atoms with E-state index in [1.165, 1.54) is 6.42 Å². The fourth-order valence-corrected chi connectivity index (χ4v) is 5.93. The van der Waals surface area contributed by atoms with Crippen LogP contribution in [0.1, 0.15) is 61.8 Å². The van der Waals surface area contributed by atoms with Crippen molar-refractivity contribution in [3.05, 3.63) is 23.7 Å². The van der Waals surface area contributed by atoms with Gasteiger partial charge in [-0.1, -0.05) is 0 Å². The lowest BCUT2D eigenvalue weighted by atomic mass is 9.46. The summed E-state index contributed by atoms with van der Waals surface area (Å²) in [5.41, 5.74) is -0.462. The maximum Gasteiger partial charge on any atom is 0.287 e. The van der Waals surface area contributed by atoms with Gasteiger partial charge < -0.3 is 19.6 Å². The number of aliphatic hydroxyl groups is 1. The molecule has 1 aromatic rings. The predicted octanol–water partition coefficient (Wildman–Crippen LogP) is 2.88. The van der Waals surface area contributed by atoms with Gasteiger partial charge in [-0.2, -0.15) is 0 Å². The molecule has 1 heterocycles. The van der Waals surface area contributed by atoms with Gasteiger partial charge in [0.05, 0.1) is 5.60 Å². The Morgan fingerprint density at radius 3 is 2.71 bits per heavy atom. The summed E-state index contributed by atoms with van der Waals surface area (Å²) >= 11 is 0. The van der Waals surface area contributed by atoms with E-state index < -0.39 is 5.60 Å². The molecule has 0 saturated heterocycles. The summed E-state index contributed by atoms with van der Waals surface area (Å²) in [5.74, 6) is 2.05. The molecule has 5 rings (SSSR count). The van der Waals surface area contributed by atoms with Crippen LogP contribution in [0.2, 0.25) is 0 Å². The van der Waals surface area contributed by atoms with Crippen molar-refractivity contribution in [3.8, 4) is 0 Å². The minimum absolute atomic E-state index is 0.0381. The first-order valence-electron chi connectivity index (χ1n) is 9.02. The van der Waals surface area contributed by atoms with Crippen molar-refractivity contribution in [1.29, 1.82) is 0 Å². The molecule has 4 bridgehead atoms. The summed E-state index contributed by atoms with van der Waals surface area (Å²) in [6.45, 7) is 2.45. The maximum atomic E-state index is 12.5. The lowest BCUT2D eigenvalue weighted by Gasteiger charge is -2.62. The van der Waals surface area contributed by atoms with Gasteiger partial charge in [0.1, 0.15) is 12.4 Å². The zero-order valence-corrected chi connectivity index (χ0v) is 14.5. The highest BCUT2D eigenvalue weighted by Crippen LogP contribution is 2.62. The number of rotatable bonds is 5. The lowest BCUT2D eigenvalue weighted by molar-refractivity contribution is -0.171. The van der Waals surface area contributed by atoms with Gasteiger partial charge in [0.25, 0.3) is 5.91 Å². The summed E-state index contributed by atoms with van der Waals surface area (Å²) in [7, 11) is 1.60. The van der Waals surface area contributed by atoms with Crippen LogP contribution >= 0.6 is 0 Å². The number of carbonyl (C=O) groups excluding carboxylic acids is 1. The van der Waals surface area contributed by atoms with Crippen molar-refractivity contribution >= 4 is 5.91 Å². The molecule has 5 nitrogen and oxygen atoms in total. The van der Waals surface area contributed by atoms with E-state index in [2.05, 4.69) is 12.2 Å². The van der Waals surface area contributed by atoms with E-state index in [9.17, 15) is 9.90 Å². The van der Waals surface area contributed by atoms with Crippen molar-refractivity contribution in [3.63, 3.8) is 0 Å². The molecule has 0 spiro atoms. The quantitative estimate of drug-likeness (QED) is 0.869. The Bertz CT molecular complexity index is 623. The van der Waals surface area contributed by atoms with Crippen LogP contribution < -0.4 is 5.32 Å². The smallest absolute Gasteiger partial charge is 0.287 e. The molecule has 5 heteroatoms. The Labute approximate surface area is 142 Å². The number of ether oxygens (including phenoxy) is 1. The maximum absolute atomic E-state index is 12.5. The summed E-state index contributed by atoms with van der Waals surface area (Å²) in [6.07, 6.45) is 6.22. The normalized spacial score (nSPS) is 38.3. The van der Waals surface area contributed by atoms with Crippen LogP contribution in [0.25, 0.3) is 0 Å².